The number of hydrogen-bond acceptors (Lipinski definition) is 7. The third-order valence-electron chi connectivity index (χ3n) is 7.37. The lowest BCUT2D eigenvalue weighted by atomic mass is 9.91. The molecule has 2 saturated heterocycles. The molecule has 2 N–H and O–H groups in total. The first-order valence-electron chi connectivity index (χ1n) is 11.9. The number of rotatable bonds is 1. The number of nitrogens with zero attached hydrogens (tertiary/aromatic N) is 3. The Kier molecular flexibility index (Phi) is 5.02. The summed E-state index contributed by atoms with van der Waals surface area (Å²) in [7, 11) is 0. The maximum atomic E-state index is 14.6. The molecule has 2 aromatic carbocycles. The zero-order chi connectivity index (χ0) is 25.4. The van der Waals surface area contributed by atoms with E-state index in [0.29, 0.717) is 17.7 Å². The molecule has 4 heterocycles. The van der Waals surface area contributed by atoms with Gasteiger partial charge in [0.1, 0.15) is 23.9 Å². The van der Waals surface area contributed by atoms with Gasteiger partial charge < -0.3 is 19.8 Å². The predicted molar refractivity (Wildman–Crippen MR) is 132 cm³/mol. The van der Waals surface area contributed by atoms with Crippen molar-refractivity contribution in [3.63, 3.8) is 0 Å². The van der Waals surface area contributed by atoms with Gasteiger partial charge in [-0.3, -0.25) is 9.80 Å². The van der Waals surface area contributed by atoms with Crippen molar-refractivity contribution in [2.24, 2.45) is 0 Å². The highest BCUT2D eigenvalue weighted by Gasteiger charge is 2.50. The van der Waals surface area contributed by atoms with Crippen LogP contribution in [0.3, 0.4) is 0 Å². The first-order valence-corrected chi connectivity index (χ1v) is 12.7. The topological polar surface area (TPSA) is 76.5 Å². The highest BCUT2D eigenvalue weighted by molar-refractivity contribution is 7.14. The lowest BCUT2D eigenvalue weighted by Crippen LogP contribution is -2.67. The molecule has 4 aliphatic rings. The Balaban J connectivity index is 1.53. The maximum absolute atomic E-state index is 14.6. The molecule has 1 aliphatic carbocycles. The SMILES string of the molecule is O=C1C2=C(O)C(O)C=CN2N([C@H]2c3ccc(F)cc3-c3ccsc3-c3cc(F)ccc32)[C@@H]2COCCN12. The Morgan fingerprint density at radius 2 is 1.73 bits per heavy atom. The van der Waals surface area contributed by atoms with E-state index in [9.17, 15) is 23.8 Å². The van der Waals surface area contributed by atoms with E-state index in [-0.39, 0.29) is 18.8 Å². The van der Waals surface area contributed by atoms with Gasteiger partial charge in [0.05, 0.1) is 19.3 Å². The molecule has 3 atom stereocenters. The smallest absolute Gasteiger partial charge is 0.277 e. The van der Waals surface area contributed by atoms with Crippen LogP contribution >= 0.6 is 11.3 Å². The second-order valence-corrected chi connectivity index (χ2v) is 10.2. The minimum Gasteiger partial charge on any atom is -0.507 e. The van der Waals surface area contributed by atoms with Crippen LogP contribution in [-0.4, -0.2) is 63.1 Å². The van der Waals surface area contributed by atoms with E-state index in [1.807, 2.05) is 16.5 Å². The quantitative estimate of drug-likeness (QED) is 0.502. The van der Waals surface area contributed by atoms with Crippen molar-refractivity contribution < 1.29 is 28.5 Å². The molecule has 0 radical (unpaired) electrons. The van der Waals surface area contributed by atoms with Crippen LogP contribution in [0, 0.1) is 11.6 Å². The van der Waals surface area contributed by atoms with Crippen molar-refractivity contribution in [3.05, 3.63) is 94.3 Å². The zero-order valence-electron chi connectivity index (χ0n) is 19.3. The first-order chi connectivity index (χ1) is 17.9. The van der Waals surface area contributed by atoms with Gasteiger partial charge in [-0.25, -0.2) is 8.78 Å². The fourth-order valence-electron chi connectivity index (χ4n) is 5.76. The molecule has 188 valence electrons. The predicted octanol–water partition coefficient (Wildman–Crippen LogP) is 4.14. The summed E-state index contributed by atoms with van der Waals surface area (Å²) in [5.41, 5.74) is 3.58. The summed E-state index contributed by atoms with van der Waals surface area (Å²) < 4.78 is 35.1. The Labute approximate surface area is 214 Å². The summed E-state index contributed by atoms with van der Waals surface area (Å²) in [6, 6.07) is 10.5. The molecule has 0 bridgehead atoms. The number of aliphatic hydroxyl groups excluding tert-OH is 2. The maximum Gasteiger partial charge on any atom is 0.277 e. The number of halogens is 2. The van der Waals surface area contributed by atoms with Gasteiger partial charge in [-0.15, -0.1) is 11.3 Å². The van der Waals surface area contributed by atoms with Gasteiger partial charge in [-0.2, -0.15) is 5.01 Å². The van der Waals surface area contributed by atoms with Gasteiger partial charge in [-0.05, 0) is 58.5 Å². The standard InChI is InChI=1S/C27H21F2N3O4S/c28-14-1-3-16-19(11-14)18-6-10-37-26(18)20-12-15(29)2-4-17(20)23(16)32-22-13-36-9-8-30(22)27(35)24-25(34)21(33)5-7-31(24)32/h1-7,10-12,21-23,33-34H,8-9,13H2/t21?,22-,23+/m1/s1. The molecule has 7 nitrogen and oxygen atoms in total. The van der Waals surface area contributed by atoms with E-state index < -0.39 is 41.6 Å². The number of ether oxygens (including phenoxy) is 1. The number of carbonyl (C=O) groups is 1. The van der Waals surface area contributed by atoms with Crippen LogP contribution in [0.4, 0.5) is 8.78 Å². The number of thiophene rings is 1. The number of aliphatic hydroxyl groups is 2. The second kappa shape index (κ2) is 8.22. The number of hydrogen-bond donors (Lipinski definition) is 2. The molecule has 2 fully saturated rings. The van der Waals surface area contributed by atoms with Gasteiger partial charge in [0.25, 0.3) is 5.91 Å². The monoisotopic (exact) mass is 521 g/mol. The molecule has 0 spiro atoms. The molecule has 1 amide bonds. The van der Waals surface area contributed by atoms with Crippen LogP contribution in [-0.2, 0) is 9.53 Å². The zero-order valence-corrected chi connectivity index (χ0v) is 20.2. The lowest BCUT2D eigenvalue weighted by molar-refractivity contribution is -0.190. The highest BCUT2D eigenvalue weighted by atomic mass is 32.1. The number of fused-ring (bicyclic) bond motifs is 7. The summed E-state index contributed by atoms with van der Waals surface area (Å²) in [4.78, 5) is 15.9. The van der Waals surface area contributed by atoms with Crippen LogP contribution in [0.5, 0.6) is 0 Å². The van der Waals surface area contributed by atoms with Crippen LogP contribution in [0.2, 0.25) is 0 Å². The van der Waals surface area contributed by atoms with Crippen molar-refractivity contribution in [2.45, 2.75) is 18.3 Å². The Bertz CT molecular complexity index is 1450. The molecule has 1 unspecified atom stereocenters. The van der Waals surface area contributed by atoms with E-state index >= 15 is 0 Å². The van der Waals surface area contributed by atoms with E-state index in [4.69, 9.17) is 4.74 Å². The third-order valence-corrected chi connectivity index (χ3v) is 8.31. The molecule has 1 aromatic heterocycles. The van der Waals surface area contributed by atoms with Crippen LogP contribution in [0.1, 0.15) is 17.2 Å². The third kappa shape index (κ3) is 3.23. The second-order valence-electron chi connectivity index (χ2n) is 9.33. The van der Waals surface area contributed by atoms with E-state index in [2.05, 4.69) is 0 Å². The number of morpholine rings is 1. The molecule has 10 heteroatoms. The fourth-order valence-corrected chi connectivity index (χ4v) is 6.70. The molecule has 3 aromatic rings. The van der Waals surface area contributed by atoms with Crippen molar-refractivity contribution in [1.82, 2.24) is 14.9 Å². The fraction of sp³-hybridized carbons (Fsp3) is 0.222. The number of carbonyl (C=O) groups excluding carboxylic acids is 1. The van der Waals surface area contributed by atoms with Crippen molar-refractivity contribution in [3.8, 4) is 21.6 Å². The number of amides is 1. The van der Waals surface area contributed by atoms with Gasteiger partial charge in [0.2, 0.25) is 0 Å². The Hall–Kier alpha value is -3.57. The Morgan fingerprint density at radius 1 is 1.00 bits per heavy atom. The van der Waals surface area contributed by atoms with Gasteiger partial charge >= 0.3 is 0 Å². The lowest BCUT2D eigenvalue weighted by Gasteiger charge is -2.55. The molecular weight excluding hydrogens is 500 g/mol. The van der Waals surface area contributed by atoms with Gasteiger partial charge in [0, 0.05) is 28.7 Å². The molecule has 7 rings (SSSR count). The summed E-state index contributed by atoms with van der Waals surface area (Å²) >= 11 is 1.45. The van der Waals surface area contributed by atoms with Crippen molar-refractivity contribution >= 4 is 17.2 Å². The Morgan fingerprint density at radius 3 is 2.51 bits per heavy atom. The largest absolute Gasteiger partial charge is 0.507 e. The molecule has 0 saturated carbocycles. The highest BCUT2D eigenvalue weighted by Crippen LogP contribution is 2.51. The average Bonchev–Trinajstić information content (AvgIpc) is 3.35. The van der Waals surface area contributed by atoms with Crippen LogP contribution < -0.4 is 0 Å². The van der Waals surface area contributed by atoms with Gasteiger partial charge in [0.15, 0.2) is 11.5 Å². The van der Waals surface area contributed by atoms with Crippen LogP contribution in [0.25, 0.3) is 21.6 Å². The minimum atomic E-state index is -1.32. The van der Waals surface area contributed by atoms with E-state index in [0.717, 1.165) is 21.6 Å². The van der Waals surface area contributed by atoms with Crippen molar-refractivity contribution in [2.75, 3.05) is 19.8 Å². The normalized spacial score (nSPS) is 24.7. The first kappa shape index (κ1) is 22.6. The van der Waals surface area contributed by atoms with Crippen LogP contribution in [0.15, 0.2) is 71.6 Å². The average molecular weight is 522 g/mol. The molecule has 3 aliphatic heterocycles. The van der Waals surface area contributed by atoms with Crippen molar-refractivity contribution in [1.29, 1.82) is 0 Å². The molecular formula is C27H21F2N3O4S. The van der Waals surface area contributed by atoms with E-state index in [1.54, 1.807) is 28.2 Å². The summed E-state index contributed by atoms with van der Waals surface area (Å²) in [6.07, 6.45) is 1.05. The number of benzene rings is 2. The molecule has 37 heavy (non-hydrogen) atoms. The summed E-state index contributed by atoms with van der Waals surface area (Å²) in [5, 5.41) is 26.5. The van der Waals surface area contributed by atoms with E-state index in [1.165, 1.54) is 41.7 Å². The number of hydrazine groups is 1. The van der Waals surface area contributed by atoms with Gasteiger partial charge in [-0.1, -0.05) is 12.1 Å². The summed E-state index contributed by atoms with van der Waals surface area (Å²) in [6.45, 7) is 0.809. The summed E-state index contributed by atoms with van der Waals surface area (Å²) in [5.74, 6) is -1.67. The minimum absolute atomic E-state index is 0.0560.